The van der Waals surface area contributed by atoms with Crippen LogP contribution in [0.4, 0.5) is 0 Å². The molecule has 0 aliphatic carbocycles. The van der Waals surface area contributed by atoms with E-state index in [0.29, 0.717) is 0 Å². The molecule has 0 atom stereocenters. The predicted molar refractivity (Wildman–Crippen MR) is 86.9 cm³/mol. The van der Waals surface area contributed by atoms with Crippen molar-refractivity contribution >= 4 is 21.5 Å². The number of fused-ring (bicyclic) bond motifs is 2. The highest BCUT2D eigenvalue weighted by Gasteiger charge is 2.01. The Balaban J connectivity index is 0.000000408. The van der Waals surface area contributed by atoms with Crippen molar-refractivity contribution in [2.24, 2.45) is 0 Å². The van der Waals surface area contributed by atoms with E-state index in [0.717, 1.165) is 0 Å². The minimum Gasteiger partial charge on any atom is -0.0656 e. The lowest BCUT2D eigenvalue weighted by Gasteiger charge is -2.07. The molecule has 0 amide bonds. The molecule has 0 aliphatic heterocycles. The SMILES string of the molecule is CCC.Cc1ccc2cc3ccccc3cc2c1C. The highest BCUT2D eigenvalue weighted by Crippen LogP contribution is 2.26. The highest BCUT2D eigenvalue weighted by molar-refractivity contribution is 5.99. The van der Waals surface area contributed by atoms with E-state index in [-0.39, 0.29) is 0 Å². The summed E-state index contributed by atoms with van der Waals surface area (Å²) in [5, 5.41) is 5.35. The first-order valence-electron chi connectivity index (χ1n) is 7.06. The third kappa shape index (κ3) is 2.78. The highest BCUT2D eigenvalue weighted by atomic mass is 14.1. The molecule has 0 radical (unpaired) electrons. The normalized spacial score (nSPS) is 10.3. The van der Waals surface area contributed by atoms with Crippen LogP contribution in [0, 0.1) is 13.8 Å². The van der Waals surface area contributed by atoms with Crippen LogP contribution in [0.5, 0.6) is 0 Å². The number of benzene rings is 3. The van der Waals surface area contributed by atoms with E-state index in [9.17, 15) is 0 Å². The first-order chi connectivity index (χ1) is 9.17. The van der Waals surface area contributed by atoms with Crippen molar-refractivity contribution in [3.8, 4) is 0 Å². The lowest BCUT2D eigenvalue weighted by Crippen LogP contribution is -1.84. The summed E-state index contributed by atoms with van der Waals surface area (Å²) >= 11 is 0. The molecule has 98 valence electrons. The van der Waals surface area contributed by atoms with Crippen LogP contribution in [0.25, 0.3) is 21.5 Å². The largest absolute Gasteiger partial charge is 0.0656 e. The minimum absolute atomic E-state index is 1.25. The number of hydrogen-bond donors (Lipinski definition) is 0. The van der Waals surface area contributed by atoms with Crippen LogP contribution in [0.1, 0.15) is 31.4 Å². The van der Waals surface area contributed by atoms with E-state index in [4.69, 9.17) is 0 Å². The first-order valence-corrected chi connectivity index (χ1v) is 7.06. The maximum Gasteiger partial charge on any atom is -0.0146 e. The van der Waals surface area contributed by atoms with Crippen LogP contribution in [-0.4, -0.2) is 0 Å². The van der Waals surface area contributed by atoms with Crippen LogP contribution in [0.3, 0.4) is 0 Å². The van der Waals surface area contributed by atoms with Gasteiger partial charge in [0.15, 0.2) is 0 Å². The molecule has 0 saturated carbocycles. The van der Waals surface area contributed by atoms with Crippen LogP contribution >= 0.6 is 0 Å². The van der Waals surface area contributed by atoms with Gasteiger partial charge in [0.05, 0.1) is 0 Å². The average Bonchev–Trinajstić information content (AvgIpc) is 2.42. The molecule has 0 heterocycles. The Labute approximate surface area is 116 Å². The second kappa shape index (κ2) is 5.88. The van der Waals surface area contributed by atoms with E-state index in [2.05, 4.69) is 76.2 Å². The first kappa shape index (κ1) is 13.6. The molecule has 19 heavy (non-hydrogen) atoms. The lowest BCUT2D eigenvalue weighted by atomic mass is 9.97. The molecule has 0 saturated heterocycles. The summed E-state index contributed by atoms with van der Waals surface area (Å²) in [5.74, 6) is 0. The second-order valence-electron chi connectivity index (χ2n) is 5.14. The Hall–Kier alpha value is -1.82. The van der Waals surface area contributed by atoms with E-state index in [1.165, 1.54) is 39.1 Å². The van der Waals surface area contributed by atoms with Crippen molar-refractivity contribution in [1.82, 2.24) is 0 Å². The van der Waals surface area contributed by atoms with Crippen molar-refractivity contribution in [3.05, 3.63) is 59.7 Å². The van der Waals surface area contributed by atoms with Gasteiger partial charge in [0.2, 0.25) is 0 Å². The molecule has 0 nitrogen and oxygen atoms in total. The molecule has 3 aromatic rings. The smallest absolute Gasteiger partial charge is 0.0146 e. The van der Waals surface area contributed by atoms with E-state index in [1.807, 2.05) is 0 Å². The topological polar surface area (TPSA) is 0 Å². The monoisotopic (exact) mass is 250 g/mol. The molecule has 3 aromatic carbocycles. The summed E-state index contributed by atoms with van der Waals surface area (Å²) in [5.41, 5.74) is 2.76. The van der Waals surface area contributed by atoms with Gasteiger partial charge in [-0.1, -0.05) is 56.7 Å². The lowest BCUT2D eigenvalue weighted by molar-refractivity contribution is 1.09. The summed E-state index contributed by atoms with van der Waals surface area (Å²) in [6.45, 7) is 8.62. The van der Waals surface area contributed by atoms with Crippen LogP contribution < -0.4 is 0 Å². The van der Waals surface area contributed by atoms with Crippen molar-refractivity contribution in [3.63, 3.8) is 0 Å². The summed E-state index contributed by atoms with van der Waals surface area (Å²) in [6, 6.07) is 17.5. The van der Waals surface area contributed by atoms with Crippen LogP contribution in [0.2, 0.25) is 0 Å². The van der Waals surface area contributed by atoms with Crippen LogP contribution in [-0.2, 0) is 0 Å². The summed E-state index contributed by atoms with van der Waals surface area (Å²) in [6.07, 6.45) is 1.25. The maximum atomic E-state index is 2.30. The summed E-state index contributed by atoms with van der Waals surface area (Å²) in [7, 11) is 0. The fourth-order valence-corrected chi connectivity index (χ4v) is 2.27. The zero-order valence-electron chi connectivity index (χ0n) is 12.3. The van der Waals surface area contributed by atoms with Crippen molar-refractivity contribution in [2.45, 2.75) is 34.1 Å². The Morgan fingerprint density at radius 1 is 0.737 bits per heavy atom. The summed E-state index contributed by atoms with van der Waals surface area (Å²) < 4.78 is 0. The molecule has 0 aliphatic rings. The molecular formula is C19H22. The number of aryl methyl sites for hydroxylation is 2. The van der Waals surface area contributed by atoms with E-state index in [1.54, 1.807) is 0 Å². The number of rotatable bonds is 0. The fraction of sp³-hybridized carbons (Fsp3) is 0.263. The average molecular weight is 250 g/mol. The third-order valence-corrected chi connectivity index (χ3v) is 3.43. The molecule has 0 fully saturated rings. The van der Waals surface area contributed by atoms with Gasteiger partial charge in [0.25, 0.3) is 0 Å². The third-order valence-electron chi connectivity index (χ3n) is 3.43. The molecule has 0 bridgehead atoms. The van der Waals surface area contributed by atoms with Crippen LogP contribution in [0.15, 0.2) is 48.5 Å². The van der Waals surface area contributed by atoms with Gasteiger partial charge >= 0.3 is 0 Å². The van der Waals surface area contributed by atoms with Gasteiger partial charge in [0, 0.05) is 0 Å². The summed E-state index contributed by atoms with van der Waals surface area (Å²) in [4.78, 5) is 0. The Bertz CT molecular complexity index is 693. The Morgan fingerprint density at radius 2 is 1.32 bits per heavy atom. The van der Waals surface area contributed by atoms with Crippen molar-refractivity contribution < 1.29 is 0 Å². The van der Waals surface area contributed by atoms with Gasteiger partial charge in [-0.05, 0) is 58.7 Å². The molecule has 0 unspecified atom stereocenters. The van der Waals surface area contributed by atoms with Gasteiger partial charge in [-0.2, -0.15) is 0 Å². The quantitative estimate of drug-likeness (QED) is 0.427. The second-order valence-corrected chi connectivity index (χ2v) is 5.14. The van der Waals surface area contributed by atoms with Gasteiger partial charge in [-0.25, -0.2) is 0 Å². The molecular weight excluding hydrogens is 228 g/mol. The molecule has 0 spiro atoms. The maximum absolute atomic E-state index is 2.30. The molecule has 3 rings (SSSR count). The predicted octanol–water partition coefficient (Wildman–Crippen LogP) is 6.03. The van der Waals surface area contributed by atoms with Gasteiger partial charge < -0.3 is 0 Å². The van der Waals surface area contributed by atoms with Crippen molar-refractivity contribution in [2.75, 3.05) is 0 Å². The van der Waals surface area contributed by atoms with E-state index < -0.39 is 0 Å². The fourth-order valence-electron chi connectivity index (χ4n) is 2.27. The standard InChI is InChI=1S/C16H14.C3H8/c1-11-7-8-15-9-13-5-3-4-6-14(13)10-16(15)12(11)2;1-3-2/h3-10H,1-2H3;3H2,1-2H3. The zero-order chi connectivity index (χ0) is 13.8. The van der Waals surface area contributed by atoms with Crippen molar-refractivity contribution in [1.29, 1.82) is 0 Å². The van der Waals surface area contributed by atoms with Gasteiger partial charge in [-0.3, -0.25) is 0 Å². The van der Waals surface area contributed by atoms with E-state index >= 15 is 0 Å². The molecule has 0 heteroatoms. The minimum atomic E-state index is 1.25. The Kier molecular flexibility index (Phi) is 4.21. The molecule has 0 N–H and O–H groups in total. The zero-order valence-corrected chi connectivity index (χ0v) is 12.3. The Morgan fingerprint density at radius 3 is 1.95 bits per heavy atom. The number of hydrogen-bond acceptors (Lipinski definition) is 0. The van der Waals surface area contributed by atoms with Gasteiger partial charge in [-0.15, -0.1) is 0 Å². The molecule has 0 aromatic heterocycles. The van der Waals surface area contributed by atoms with Gasteiger partial charge in [0.1, 0.15) is 0 Å².